The van der Waals surface area contributed by atoms with E-state index >= 15 is 0 Å². The molecule has 2 aromatic rings. The van der Waals surface area contributed by atoms with Crippen molar-refractivity contribution in [3.63, 3.8) is 0 Å². The summed E-state index contributed by atoms with van der Waals surface area (Å²) < 4.78 is 0. The number of benzene rings is 1. The van der Waals surface area contributed by atoms with Crippen molar-refractivity contribution >= 4 is 22.8 Å². The molecule has 2 nitrogen and oxygen atoms in total. The molecule has 0 amide bonds. The highest BCUT2D eigenvalue weighted by molar-refractivity contribution is 7.08. The van der Waals surface area contributed by atoms with Gasteiger partial charge in [0.25, 0.3) is 0 Å². The monoisotopic (exact) mass is 215 g/mol. The predicted molar refractivity (Wildman–Crippen MR) is 62.3 cm³/mol. The number of thiophene rings is 1. The largest absolute Gasteiger partial charge is 0.398 e. The minimum absolute atomic E-state index is 0.0683. The highest BCUT2D eigenvalue weighted by Gasteiger charge is 2.29. The maximum atomic E-state index is 12.0. The molecule has 2 N–H and O–H groups in total. The van der Waals surface area contributed by atoms with Gasteiger partial charge in [-0.3, -0.25) is 4.79 Å². The summed E-state index contributed by atoms with van der Waals surface area (Å²) in [5.41, 5.74) is 11.1. The molecular weight excluding hydrogens is 206 g/mol. The second-order valence-corrected chi connectivity index (χ2v) is 4.55. The number of hydrogen-bond acceptors (Lipinski definition) is 3. The minimum Gasteiger partial charge on any atom is -0.398 e. The summed E-state index contributed by atoms with van der Waals surface area (Å²) in [4.78, 5) is 12.0. The van der Waals surface area contributed by atoms with Gasteiger partial charge in [-0.1, -0.05) is 6.07 Å². The third-order valence-corrected chi connectivity index (χ3v) is 3.48. The molecule has 74 valence electrons. The number of hydrogen-bond donors (Lipinski definition) is 1. The van der Waals surface area contributed by atoms with Crippen molar-refractivity contribution in [1.82, 2.24) is 0 Å². The minimum atomic E-state index is 0.0683. The number of nitrogens with two attached hydrogens (primary N) is 1. The number of rotatable bonds is 0. The molecule has 0 unspecified atom stereocenters. The zero-order valence-electron chi connectivity index (χ0n) is 8.20. The van der Waals surface area contributed by atoms with Crippen LogP contribution >= 0.6 is 11.3 Å². The fraction of sp³-hybridized carbons (Fsp3) is 0.0833. The van der Waals surface area contributed by atoms with Gasteiger partial charge in [0.1, 0.15) is 0 Å². The Morgan fingerprint density at radius 3 is 2.67 bits per heavy atom. The van der Waals surface area contributed by atoms with E-state index in [4.69, 9.17) is 5.73 Å². The van der Waals surface area contributed by atoms with E-state index in [0.29, 0.717) is 11.3 Å². The Kier molecular flexibility index (Phi) is 1.56. The van der Waals surface area contributed by atoms with E-state index in [2.05, 4.69) is 0 Å². The van der Waals surface area contributed by atoms with Gasteiger partial charge in [-0.2, -0.15) is 11.3 Å². The van der Waals surface area contributed by atoms with Crippen molar-refractivity contribution in [2.45, 2.75) is 6.92 Å². The Morgan fingerprint density at radius 2 is 1.87 bits per heavy atom. The maximum Gasteiger partial charge on any atom is 0.197 e. The molecule has 0 saturated carbocycles. The van der Waals surface area contributed by atoms with E-state index < -0.39 is 0 Å². The average molecular weight is 215 g/mol. The zero-order valence-corrected chi connectivity index (χ0v) is 9.02. The van der Waals surface area contributed by atoms with Crippen LogP contribution in [0.1, 0.15) is 21.5 Å². The van der Waals surface area contributed by atoms with Crippen LogP contribution in [0.3, 0.4) is 0 Å². The third kappa shape index (κ3) is 1.01. The second-order valence-electron chi connectivity index (χ2n) is 3.80. The van der Waals surface area contributed by atoms with Crippen molar-refractivity contribution in [3.05, 3.63) is 39.6 Å². The van der Waals surface area contributed by atoms with Gasteiger partial charge < -0.3 is 5.73 Å². The number of nitrogen functional groups attached to an aromatic ring is 1. The summed E-state index contributed by atoms with van der Waals surface area (Å²) in [6, 6.07) is 3.88. The van der Waals surface area contributed by atoms with Crippen LogP contribution in [0, 0.1) is 6.92 Å². The number of carbonyl (C=O) groups is 1. The molecule has 0 bridgehead atoms. The number of aryl methyl sites for hydroxylation is 1. The smallest absolute Gasteiger partial charge is 0.197 e. The van der Waals surface area contributed by atoms with Gasteiger partial charge in [-0.25, -0.2) is 0 Å². The molecule has 3 heteroatoms. The summed E-state index contributed by atoms with van der Waals surface area (Å²) in [6.07, 6.45) is 0. The Labute approximate surface area is 91.4 Å². The highest BCUT2D eigenvalue weighted by Crippen LogP contribution is 2.41. The standard InChI is InChI=1S/C12H9NOS/c1-6-2-7-8-4-15-5-9(8)12(14)11(7)10(13)3-6/h2-5H,13H2,1H3. The van der Waals surface area contributed by atoms with Crippen molar-refractivity contribution in [2.24, 2.45) is 0 Å². The van der Waals surface area contributed by atoms with Gasteiger partial charge in [0.15, 0.2) is 5.78 Å². The lowest BCUT2D eigenvalue weighted by molar-refractivity contribution is 0.104. The fourth-order valence-corrected chi connectivity index (χ4v) is 2.92. The second kappa shape index (κ2) is 2.70. The fourth-order valence-electron chi connectivity index (χ4n) is 2.10. The summed E-state index contributed by atoms with van der Waals surface area (Å²) in [7, 11) is 0. The van der Waals surface area contributed by atoms with Crippen LogP contribution < -0.4 is 5.73 Å². The quantitative estimate of drug-likeness (QED) is 0.586. The van der Waals surface area contributed by atoms with E-state index in [0.717, 1.165) is 22.3 Å². The third-order valence-electron chi connectivity index (χ3n) is 2.74. The van der Waals surface area contributed by atoms with Gasteiger partial charge in [-0.15, -0.1) is 0 Å². The topological polar surface area (TPSA) is 43.1 Å². The van der Waals surface area contributed by atoms with Crippen LogP contribution in [0.2, 0.25) is 0 Å². The zero-order chi connectivity index (χ0) is 10.6. The average Bonchev–Trinajstić information content (AvgIpc) is 2.70. The van der Waals surface area contributed by atoms with Crippen molar-refractivity contribution in [1.29, 1.82) is 0 Å². The first-order chi connectivity index (χ1) is 7.18. The highest BCUT2D eigenvalue weighted by atomic mass is 32.1. The van der Waals surface area contributed by atoms with E-state index in [9.17, 15) is 4.79 Å². The first-order valence-electron chi connectivity index (χ1n) is 4.70. The number of anilines is 1. The van der Waals surface area contributed by atoms with Crippen molar-refractivity contribution < 1.29 is 4.79 Å². The molecule has 0 spiro atoms. The van der Waals surface area contributed by atoms with Crippen LogP contribution in [0.15, 0.2) is 22.9 Å². The first kappa shape index (κ1) is 8.68. The SMILES string of the molecule is Cc1cc(N)c2c(c1)-c1cscc1C2=O. The lowest BCUT2D eigenvalue weighted by Crippen LogP contribution is -2.00. The Morgan fingerprint density at radius 1 is 1.13 bits per heavy atom. The molecule has 0 radical (unpaired) electrons. The lowest BCUT2D eigenvalue weighted by Gasteiger charge is -2.04. The van der Waals surface area contributed by atoms with Crippen LogP contribution in [0.25, 0.3) is 11.1 Å². The number of ketones is 1. The molecular formula is C12H9NOS. The molecule has 0 aliphatic heterocycles. The van der Waals surface area contributed by atoms with Gasteiger partial charge in [0.2, 0.25) is 0 Å². The van der Waals surface area contributed by atoms with Crippen LogP contribution in [0.4, 0.5) is 5.69 Å². The van der Waals surface area contributed by atoms with Gasteiger partial charge in [-0.05, 0) is 29.5 Å². The Bertz CT molecular complexity index is 583. The van der Waals surface area contributed by atoms with E-state index in [-0.39, 0.29) is 5.78 Å². The first-order valence-corrected chi connectivity index (χ1v) is 5.64. The summed E-state index contributed by atoms with van der Waals surface area (Å²) in [5, 5.41) is 3.91. The van der Waals surface area contributed by atoms with E-state index in [1.807, 2.05) is 29.8 Å². The van der Waals surface area contributed by atoms with Crippen molar-refractivity contribution in [2.75, 3.05) is 5.73 Å². The predicted octanol–water partition coefficient (Wildman–Crippen LogP) is 2.85. The summed E-state index contributed by atoms with van der Waals surface area (Å²) in [5.74, 6) is 0.0683. The molecule has 1 aliphatic rings. The van der Waals surface area contributed by atoms with Gasteiger partial charge in [0, 0.05) is 22.2 Å². The number of carbonyl (C=O) groups excluding carboxylic acids is 1. The number of fused-ring (bicyclic) bond motifs is 3. The molecule has 1 aromatic carbocycles. The molecule has 1 aliphatic carbocycles. The van der Waals surface area contributed by atoms with Crippen LogP contribution in [0.5, 0.6) is 0 Å². The van der Waals surface area contributed by atoms with Gasteiger partial charge in [0.05, 0.1) is 5.56 Å². The lowest BCUT2D eigenvalue weighted by atomic mass is 10.0. The van der Waals surface area contributed by atoms with E-state index in [1.54, 1.807) is 11.3 Å². The molecule has 0 saturated heterocycles. The van der Waals surface area contributed by atoms with Crippen molar-refractivity contribution in [3.8, 4) is 11.1 Å². The molecule has 1 aromatic heterocycles. The van der Waals surface area contributed by atoms with Gasteiger partial charge >= 0.3 is 0 Å². The molecule has 15 heavy (non-hydrogen) atoms. The Balaban J connectivity index is 2.43. The molecule has 0 fully saturated rings. The van der Waals surface area contributed by atoms with Crippen LogP contribution in [-0.4, -0.2) is 5.78 Å². The normalized spacial score (nSPS) is 12.7. The summed E-state index contributed by atoms with van der Waals surface area (Å²) in [6.45, 7) is 1.99. The van der Waals surface area contributed by atoms with Crippen LogP contribution in [-0.2, 0) is 0 Å². The summed E-state index contributed by atoms with van der Waals surface area (Å²) >= 11 is 1.56. The molecule has 3 rings (SSSR count). The Hall–Kier alpha value is -1.61. The van der Waals surface area contributed by atoms with E-state index in [1.165, 1.54) is 0 Å². The maximum absolute atomic E-state index is 12.0. The molecule has 1 heterocycles. The molecule has 0 atom stereocenters.